The average Bonchev–Trinajstić information content (AvgIpc) is 2.85. The Labute approximate surface area is 223 Å². The molecule has 0 heterocycles. The van der Waals surface area contributed by atoms with E-state index in [0.29, 0.717) is 0 Å². The molecule has 0 bridgehead atoms. The van der Waals surface area contributed by atoms with E-state index in [2.05, 4.69) is 77.0 Å². The Balaban J connectivity index is 6.97. The maximum atomic E-state index is 5.27. The van der Waals surface area contributed by atoms with Gasteiger partial charge in [0.1, 0.15) is 0 Å². The second-order valence-corrected chi connectivity index (χ2v) is 14.7. The molecular weight excluding hydrogens is 497 g/mol. The number of hydrogen-bond donors (Lipinski definition) is 0. The molecular formula is C27H57N6Y. The van der Waals surface area contributed by atoms with Crippen molar-refractivity contribution in [3.05, 3.63) is 0 Å². The number of amidine groups is 3. The first-order valence-corrected chi connectivity index (χ1v) is 18.7. The van der Waals surface area contributed by atoms with Gasteiger partial charge in [-0.1, -0.05) is 0 Å². The molecule has 0 N–H and O–H groups in total. The summed E-state index contributed by atoms with van der Waals surface area (Å²) >= 11 is -2.95. The van der Waals surface area contributed by atoms with Gasteiger partial charge in [-0.3, -0.25) is 0 Å². The van der Waals surface area contributed by atoms with Gasteiger partial charge >= 0.3 is 225 Å². The summed E-state index contributed by atoms with van der Waals surface area (Å²) in [6, 6.07) is 0. The Morgan fingerprint density at radius 2 is 0.735 bits per heavy atom. The van der Waals surface area contributed by atoms with Crippen molar-refractivity contribution in [2.24, 2.45) is 15.0 Å². The van der Waals surface area contributed by atoms with Crippen LogP contribution in [0.1, 0.15) is 101 Å². The maximum absolute atomic E-state index is 5.27. The summed E-state index contributed by atoms with van der Waals surface area (Å²) < 4.78 is 4.10. The van der Waals surface area contributed by atoms with Gasteiger partial charge in [0.25, 0.3) is 0 Å². The molecule has 6 nitrogen and oxygen atoms in total. The normalized spacial score (nSPS) is 12.8. The Morgan fingerprint density at radius 1 is 0.471 bits per heavy atom. The first-order chi connectivity index (χ1) is 16.5. The fraction of sp³-hybridized carbons (Fsp3) is 0.889. The van der Waals surface area contributed by atoms with E-state index in [0.717, 1.165) is 58.9 Å². The third kappa shape index (κ3) is 11.5. The van der Waals surface area contributed by atoms with Crippen LogP contribution in [0.3, 0.4) is 0 Å². The van der Waals surface area contributed by atoms with Gasteiger partial charge < -0.3 is 0 Å². The van der Waals surface area contributed by atoms with Crippen LogP contribution in [0.4, 0.5) is 0 Å². The van der Waals surface area contributed by atoms with E-state index in [1.165, 1.54) is 46.5 Å². The van der Waals surface area contributed by atoms with E-state index >= 15 is 0 Å². The molecule has 0 aromatic rings. The first kappa shape index (κ1) is 33.5. The Bertz CT molecular complexity index is 509. The molecule has 0 atom stereocenters. The molecule has 198 valence electrons. The molecule has 0 aromatic carbocycles. The van der Waals surface area contributed by atoms with E-state index in [1.54, 1.807) is 0 Å². The van der Waals surface area contributed by atoms with Gasteiger partial charge in [0.2, 0.25) is 0 Å². The van der Waals surface area contributed by atoms with E-state index < -0.39 is 27.4 Å². The molecule has 0 aliphatic heterocycles. The van der Waals surface area contributed by atoms with E-state index in [-0.39, 0.29) is 0 Å². The molecule has 0 unspecified atom stereocenters. The van der Waals surface area contributed by atoms with Gasteiger partial charge in [0.15, 0.2) is 0 Å². The molecule has 0 rings (SSSR count). The van der Waals surface area contributed by atoms with Gasteiger partial charge in [0, 0.05) is 0 Å². The Morgan fingerprint density at radius 3 is 0.912 bits per heavy atom. The number of aliphatic imine (C=N–C) groups is 3. The number of hydrogen-bond acceptors (Lipinski definition) is 3. The molecule has 0 fully saturated rings. The molecule has 0 radical (unpaired) electrons. The van der Waals surface area contributed by atoms with Crippen molar-refractivity contribution >= 4 is 7.94 Å². The van der Waals surface area contributed by atoms with E-state index in [1.807, 2.05) is 0 Å². The minimum absolute atomic E-state index is 0.826. The average molecular weight is 555 g/mol. The Hall–Kier alpha value is -0.486. The van der Waals surface area contributed by atoms with Crippen LogP contribution in [0.15, 0.2) is 15.0 Å². The molecule has 34 heavy (non-hydrogen) atoms. The molecule has 0 spiro atoms. The summed E-state index contributed by atoms with van der Waals surface area (Å²) in [5.41, 5.74) is 0. The van der Waals surface area contributed by atoms with Crippen LogP contribution >= 0.6 is 0 Å². The van der Waals surface area contributed by atoms with E-state index in [4.69, 9.17) is 15.0 Å². The van der Waals surface area contributed by atoms with Crippen LogP contribution < -0.4 is 0 Å². The summed E-state index contributed by atoms with van der Waals surface area (Å²) in [4.78, 5) is 23.6. The summed E-state index contributed by atoms with van der Waals surface area (Å²) in [5.74, 6) is 0. The predicted octanol–water partition coefficient (Wildman–Crippen LogP) is 6.10. The van der Waals surface area contributed by atoms with Crippen LogP contribution in [0.5, 0.6) is 0 Å². The van der Waals surface area contributed by atoms with Crippen molar-refractivity contribution < 1.29 is 27.4 Å². The minimum atomic E-state index is -2.95. The van der Waals surface area contributed by atoms with E-state index in [9.17, 15) is 0 Å². The molecule has 0 saturated heterocycles. The zero-order valence-corrected chi connectivity index (χ0v) is 27.2. The van der Waals surface area contributed by atoms with Crippen molar-refractivity contribution in [3.63, 3.8) is 0 Å². The zero-order valence-electron chi connectivity index (χ0n) is 24.4. The van der Waals surface area contributed by atoms with Crippen molar-refractivity contribution in [1.82, 2.24) is 14.7 Å². The van der Waals surface area contributed by atoms with Crippen LogP contribution in [-0.2, 0) is 27.4 Å². The molecule has 0 amide bonds. The number of rotatable bonds is 18. The van der Waals surface area contributed by atoms with Crippen LogP contribution in [-0.4, -0.2) is 81.5 Å². The van der Waals surface area contributed by atoms with Gasteiger partial charge in [-0.25, -0.2) is 0 Å². The SMILES string of the molecule is CCCCN(CC)[C](=NCC)[Y]([C](=NCC)N(CC)CCCC)[C](=NCC)N(CC)CCCC. The summed E-state index contributed by atoms with van der Waals surface area (Å²) in [6.45, 7) is 29.0. The fourth-order valence-electron chi connectivity index (χ4n) is 4.30. The molecule has 0 aliphatic carbocycles. The standard InChI is InChI=1S/3C9H19N2.Y/c3*1-4-7-8-11(6-3)9-10-5-2;/h3*4-8H2,1-3H3;. The summed E-state index contributed by atoms with van der Waals surface area (Å²) in [6.07, 6.45) is 7.23. The second kappa shape index (κ2) is 21.8. The van der Waals surface area contributed by atoms with Gasteiger partial charge in [0.05, 0.1) is 0 Å². The fourth-order valence-corrected chi connectivity index (χ4v) is 13.7. The predicted molar refractivity (Wildman–Crippen MR) is 150 cm³/mol. The number of nitrogens with zero attached hydrogens (tertiary/aromatic N) is 6. The van der Waals surface area contributed by atoms with Gasteiger partial charge in [-0.05, 0) is 0 Å². The van der Waals surface area contributed by atoms with Crippen molar-refractivity contribution in [1.29, 1.82) is 0 Å². The monoisotopic (exact) mass is 554 g/mol. The molecule has 0 saturated carbocycles. The third-order valence-electron chi connectivity index (χ3n) is 6.20. The summed E-state index contributed by atoms with van der Waals surface area (Å²) in [5, 5.41) is 0. The Kier molecular flexibility index (Phi) is 21.5. The third-order valence-corrected chi connectivity index (χ3v) is 14.0. The topological polar surface area (TPSA) is 46.8 Å². The van der Waals surface area contributed by atoms with Crippen LogP contribution in [0.25, 0.3) is 0 Å². The second-order valence-electron chi connectivity index (χ2n) is 8.73. The van der Waals surface area contributed by atoms with Crippen molar-refractivity contribution in [2.45, 2.75) is 101 Å². The molecule has 7 heteroatoms. The van der Waals surface area contributed by atoms with Gasteiger partial charge in [-0.15, -0.1) is 0 Å². The van der Waals surface area contributed by atoms with Crippen molar-refractivity contribution in [3.8, 4) is 0 Å². The van der Waals surface area contributed by atoms with Crippen LogP contribution in [0, 0.1) is 0 Å². The zero-order chi connectivity index (χ0) is 25.8. The van der Waals surface area contributed by atoms with Crippen molar-refractivity contribution in [2.75, 3.05) is 58.9 Å². The first-order valence-electron chi connectivity index (χ1n) is 14.4. The van der Waals surface area contributed by atoms with Crippen LogP contribution in [0.2, 0.25) is 0 Å². The quantitative estimate of drug-likeness (QED) is 0.152. The molecule has 0 aliphatic rings. The summed E-state index contributed by atoms with van der Waals surface area (Å²) in [7, 11) is 0. The number of unbranched alkanes of at least 4 members (excludes halogenated alkanes) is 3. The van der Waals surface area contributed by atoms with Gasteiger partial charge in [-0.2, -0.15) is 0 Å². The molecule has 0 aromatic heterocycles.